The van der Waals surface area contributed by atoms with Crippen LogP contribution in [0.15, 0.2) is 48.5 Å². The summed E-state index contributed by atoms with van der Waals surface area (Å²) in [6.45, 7) is 2.17. The Hall–Kier alpha value is -2.31. The third-order valence-corrected chi connectivity index (χ3v) is 4.79. The van der Waals surface area contributed by atoms with E-state index in [1.165, 1.54) is 6.07 Å². The molecule has 6 heteroatoms. The predicted molar refractivity (Wildman–Crippen MR) is 99.2 cm³/mol. The lowest BCUT2D eigenvalue weighted by Gasteiger charge is -2.33. The van der Waals surface area contributed by atoms with Crippen molar-refractivity contribution in [1.29, 1.82) is 0 Å². The molecule has 1 fully saturated rings. The number of piperidine rings is 1. The van der Waals surface area contributed by atoms with E-state index in [0.717, 1.165) is 24.6 Å². The fourth-order valence-electron chi connectivity index (χ4n) is 3.36. The Labute approximate surface area is 157 Å². The molecule has 0 saturated carbocycles. The maximum atomic E-state index is 13.6. The number of carbonyl (C=O) groups excluding carboxylic acids is 1. The summed E-state index contributed by atoms with van der Waals surface area (Å²) in [5, 5.41) is 6.24. The van der Waals surface area contributed by atoms with Crippen LogP contribution in [0.1, 0.15) is 29.9 Å². The van der Waals surface area contributed by atoms with Crippen LogP contribution in [0.25, 0.3) is 0 Å². The lowest BCUT2D eigenvalue weighted by molar-refractivity contribution is -0.123. The third kappa shape index (κ3) is 5.58. The van der Waals surface area contributed by atoms with Crippen LogP contribution in [0, 0.1) is 11.6 Å². The molecule has 0 aliphatic carbocycles. The van der Waals surface area contributed by atoms with Gasteiger partial charge in [0, 0.05) is 24.9 Å². The summed E-state index contributed by atoms with van der Waals surface area (Å²) in [6, 6.07) is 13.6. The van der Waals surface area contributed by atoms with Crippen LogP contribution in [0.3, 0.4) is 0 Å². The number of hydrogen-bond donors (Lipinski definition) is 2. The van der Waals surface area contributed by atoms with Crippen molar-refractivity contribution in [3.63, 3.8) is 0 Å². The molecule has 2 aromatic rings. The monoisotopic (exact) mass is 374 g/mol. The topological polar surface area (TPSA) is 50.4 Å². The van der Waals surface area contributed by atoms with Gasteiger partial charge in [0.1, 0.15) is 0 Å². The van der Waals surface area contributed by atoms with E-state index in [0.29, 0.717) is 25.3 Å². The highest BCUT2D eigenvalue weighted by Crippen LogP contribution is 2.27. The summed E-state index contributed by atoms with van der Waals surface area (Å²) in [4.78, 5) is 12.3. The normalized spacial score (nSPS) is 19.6. The predicted octanol–water partition coefficient (Wildman–Crippen LogP) is 3.13. The van der Waals surface area contributed by atoms with E-state index in [2.05, 4.69) is 10.6 Å². The molecular formula is C21H24F2N2O2. The summed E-state index contributed by atoms with van der Waals surface area (Å²) in [5.74, 6) is -1.87. The van der Waals surface area contributed by atoms with Gasteiger partial charge in [0.2, 0.25) is 5.91 Å². The Morgan fingerprint density at radius 3 is 2.74 bits per heavy atom. The first-order valence-corrected chi connectivity index (χ1v) is 9.20. The van der Waals surface area contributed by atoms with Crippen molar-refractivity contribution in [2.75, 3.05) is 19.7 Å². The minimum absolute atomic E-state index is 0.0458. The summed E-state index contributed by atoms with van der Waals surface area (Å²) in [7, 11) is 0. The smallest absolute Gasteiger partial charge is 0.222 e. The average Bonchev–Trinajstić information content (AvgIpc) is 2.69. The standard InChI is InChI=1S/C21H24F2N2O2/c22-18-7-6-16(12-19(18)23)17-8-10-24-13-20(17)25-21(26)9-11-27-14-15-4-2-1-3-5-15/h1-7,12,17,20,24H,8-11,13-14H2,(H,25,26). The second kappa shape index (κ2) is 9.58. The van der Waals surface area contributed by atoms with Gasteiger partial charge in [0.15, 0.2) is 11.6 Å². The van der Waals surface area contributed by atoms with Crippen LogP contribution in [0.4, 0.5) is 8.78 Å². The molecule has 1 heterocycles. The number of amides is 1. The van der Waals surface area contributed by atoms with Gasteiger partial charge < -0.3 is 15.4 Å². The Morgan fingerprint density at radius 2 is 1.96 bits per heavy atom. The summed E-state index contributed by atoms with van der Waals surface area (Å²) >= 11 is 0. The minimum Gasteiger partial charge on any atom is -0.376 e. The molecule has 0 bridgehead atoms. The molecule has 2 N–H and O–H groups in total. The number of hydrogen-bond acceptors (Lipinski definition) is 3. The van der Waals surface area contributed by atoms with Gasteiger partial charge in [-0.05, 0) is 36.2 Å². The van der Waals surface area contributed by atoms with Crippen LogP contribution in [0.2, 0.25) is 0 Å². The SMILES string of the molecule is O=C(CCOCc1ccccc1)NC1CNCCC1c1ccc(F)c(F)c1. The van der Waals surface area contributed by atoms with E-state index in [1.54, 1.807) is 6.07 Å². The van der Waals surface area contributed by atoms with Gasteiger partial charge in [-0.2, -0.15) is 0 Å². The van der Waals surface area contributed by atoms with Gasteiger partial charge in [0.05, 0.1) is 13.2 Å². The first-order chi connectivity index (χ1) is 13.1. The highest BCUT2D eigenvalue weighted by atomic mass is 19.2. The summed E-state index contributed by atoms with van der Waals surface area (Å²) in [5.41, 5.74) is 1.77. The van der Waals surface area contributed by atoms with Crippen molar-refractivity contribution in [3.8, 4) is 0 Å². The van der Waals surface area contributed by atoms with Crippen LogP contribution >= 0.6 is 0 Å². The first-order valence-electron chi connectivity index (χ1n) is 9.20. The molecule has 1 aliphatic rings. The number of rotatable bonds is 7. The van der Waals surface area contributed by atoms with Crippen molar-refractivity contribution in [1.82, 2.24) is 10.6 Å². The molecule has 27 heavy (non-hydrogen) atoms. The lowest BCUT2D eigenvalue weighted by Crippen LogP contribution is -2.50. The molecule has 144 valence electrons. The van der Waals surface area contributed by atoms with Gasteiger partial charge in [0.25, 0.3) is 0 Å². The molecule has 0 radical (unpaired) electrons. The Kier molecular flexibility index (Phi) is 6.90. The maximum absolute atomic E-state index is 13.6. The third-order valence-electron chi connectivity index (χ3n) is 4.79. The molecule has 2 atom stereocenters. The van der Waals surface area contributed by atoms with Gasteiger partial charge in [-0.25, -0.2) is 8.78 Å². The molecule has 1 aliphatic heterocycles. The molecule has 0 spiro atoms. The number of benzene rings is 2. The zero-order chi connectivity index (χ0) is 19.1. The van der Waals surface area contributed by atoms with Gasteiger partial charge in [-0.1, -0.05) is 36.4 Å². The maximum Gasteiger partial charge on any atom is 0.222 e. The summed E-state index contributed by atoms with van der Waals surface area (Å²) < 4.78 is 32.3. The second-order valence-corrected chi connectivity index (χ2v) is 6.74. The molecule has 3 rings (SSSR count). The largest absolute Gasteiger partial charge is 0.376 e. The molecule has 1 saturated heterocycles. The van der Waals surface area contributed by atoms with Crippen LogP contribution in [-0.4, -0.2) is 31.6 Å². The minimum atomic E-state index is -0.858. The van der Waals surface area contributed by atoms with Crippen molar-refractivity contribution in [2.45, 2.75) is 31.4 Å². The Balaban J connectivity index is 1.49. The first kappa shape index (κ1) is 19.5. The quantitative estimate of drug-likeness (QED) is 0.732. The second-order valence-electron chi connectivity index (χ2n) is 6.74. The summed E-state index contributed by atoms with van der Waals surface area (Å²) in [6.07, 6.45) is 1.01. The molecule has 4 nitrogen and oxygen atoms in total. The molecule has 0 aromatic heterocycles. The van der Waals surface area contributed by atoms with E-state index in [1.807, 2.05) is 30.3 Å². The van der Waals surface area contributed by atoms with Crippen molar-refractivity contribution in [2.24, 2.45) is 0 Å². The zero-order valence-electron chi connectivity index (χ0n) is 15.1. The van der Waals surface area contributed by atoms with Gasteiger partial charge >= 0.3 is 0 Å². The van der Waals surface area contributed by atoms with Crippen molar-refractivity contribution < 1.29 is 18.3 Å². The molecular weight excluding hydrogens is 350 g/mol. The van der Waals surface area contributed by atoms with Crippen LogP contribution < -0.4 is 10.6 Å². The highest BCUT2D eigenvalue weighted by molar-refractivity contribution is 5.76. The number of halogens is 2. The number of carbonyl (C=O) groups is 1. The molecule has 1 amide bonds. The van der Waals surface area contributed by atoms with E-state index < -0.39 is 11.6 Å². The van der Waals surface area contributed by atoms with E-state index in [-0.39, 0.29) is 24.3 Å². The molecule has 2 aromatic carbocycles. The van der Waals surface area contributed by atoms with Gasteiger partial charge in [-0.3, -0.25) is 4.79 Å². The average molecular weight is 374 g/mol. The van der Waals surface area contributed by atoms with E-state index in [4.69, 9.17) is 4.74 Å². The van der Waals surface area contributed by atoms with Crippen molar-refractivity contribution >= 4 is 5.91 Å². The van der Waals surface area contributed by atoms with Gasteiger partial charge in [-0.15, -0.1) is 0 Å². The molecule has 2 unspecified atom stereocenters. The van der Waals surface area contributed by atoms with Crippen LogP contribution in [-0.2, 0) is 16.1 Å². The fourth-order valence-corrected chi connectivity index (χ4v) is 3.36. The zero-order valence-corrected chi connectivity index (χ0v) is 15.1. The number of ether oxygens (including phenoxy) is 1. The lowest BCUT2D eigenvalue weighted by atomic mass is 9.86. The number of nitrogens with one attached hydrogen (secondary N) is 2. The van der Waals surface area contributed by atoms with E-state index in [9.17, 15) is 13.6 Å². The Bertz CT molecular complexity index is 755. The van der Waals surface area contributed by atoms with Crippen LogP contribution in [0.5, 0.6) is 0 Å². The van der Waals surface area contributed by atoms with Crippen molar-refractivity contribution in [3.05, 3.63) is 71.3 Å². The Morgan fingerprint density at radius 1 is 1.15 bits per heavy atom. The fraction of sp³-hybridized carbons (Fsp3) is 0.381. The van der Waals surface area contributed by atoms with E-state index >= 15 is 0 Å². The highest BCUT2D eigenvalue weighted by Gasteiger charge is 2.28.